The third-order valence-electron chi connectivity index (χ3n) is 18.0. The average molecular weight is 1480 g/mol. The summed E-state index contributed by atoms with van der Waals surface area (Å²) in [5.74, 6) is -2.21. The summed E-state index contributed by atoms with van der Waals surface area (Å²) >= 11 is 0. The van der Waals surface area contributed by atoms with E-state index < -0.39 is 97.5 Å². The lowest BCUT2D eigenvalue weighted by Gasteiger charge is -2.21. The summed E-state index contributed by atoms with van der Waals surface area (Å²) in [6.07, 6.45) is 76.2. The fourth-order valence-electron chi connectivity index (χ4n) is 11.6. The first-order chi connectivity index (χ1) is 49.7. The smallest absolute Gasteiger partial charge is 0.462 e. The van der Waals surface area contributed by atoms with Gasteiger partial charge in [-0.15, -0.1) is 0 Å². The van der Waals surface area contributed by atoms with Crippen molar-refractivity contribution in [1.82, 2.24) is 0 Å². The highest BCUT2D eigenvalue weighted by Gasteiger charge is 2.30. The summed E-state index contributed by atoms with van der Waals surface area (Å²) in [5, 5.41) is 10.6. The lowest BCUT2D eigenvalue weighted by atomic mass is 10.0. The Bertz CT molecular complexity index is 2170. The second-order valence-electron chi connectivity index (χ2n) is 28.1. The number of ether oxygens (including phenoxy) is 4. The van der Waals surface area contributed by atoms with Crippen molar-refractivity contribution in [3.8, 4) is 0 Å². The number of unbranched alkanes of at least 4 members (excludes halogenated alkanes) is 43. The van der Waals surface area contributed by atoms with E-state index in [0.29, 0.717) is 32.1 Å². The molecular weight excluding hydrogens is 1330 g/mol. The quantitative estimate of drug-likeness (QED) is 0.0169. The molecule has 0 heterocycles. The number of phosphoric ester groups is 2. The maximum atomic E-state index is 13.1. The van der Waals surface area contributed by atoms with E-state index in [4.69, 9.17) is 37.0 Å². The molecule has 2 unspecified atom stereocenters. The molecule has 0 aliphatic rings. The predicted molar refractivity (Wildman–Crippen MR) is 418 cm³/mol. The van der Waals surface area contributed by atoms with Gasteiger partial charge in [0.25, 0.3) is 0 Å². The molecule has 596 valence electrons. The largest absolute Gasteiger partial charge is 0.472 e. The third-order valence-corrected chi connectivity index (χ3v) is 19.9. The SMILES string of the molecule is CCCCC/C=C\C/C=C\C/C=C\C/C=C\CCCC(=O)O[C@H](COC(=O)CCCCCCCCCCCCCCCCC)COP(=O)(O)OC[C@@H](O)COP(=O)(O)OC[C@@H](COC(=O)CCCCCCCCCCCCCCCCC)OC(=O)CCCCCCC/C=C\CCCCCCCC. The van der Waals surface area contributed by atoms with Crippen molar-refractivity contribution in [3.05, 3.63) is 60.8 Å². The number of esters is 4. The molecule has 5 atom stereocenters. The Morgan fingerprint density at radius 3 is 0.804 bits per heavy atom. The van der Waals surface area contributed by atoms with Crippen LogP contribution in [0.4, 0.5) is 0 Å². The zero-order chi connectivity index (χ0) is 74.6. The molecule has 102 heavy (non-hydrogen) atoms. The minimum Gasteiger partial charge on any atom is -0.462 e. The van der Waals surface area contributed by atoms with Gasteiger partial charge in [-0.3, -0.25) is 37.3 Å². The molecule has 0 aliphatic carbocycles. The Labute approximate surface area is 622 Å². The lowest BCUT2D eigenvalue weighted by molar-refractivity contribution is -0.161. The zero-order valence-electron chi connectivity index (χ0n) is 65.3. The Kier molecular flexibility index (Phi) is 73.6. The van der Waals surface area contributed by atoms with Gasteiger partial charge in [-0.1, -0.05) is 332 Å². The first-order valence-electron chi connectivity index (χ1n) is 41.5. The zero-order valence-corrected chi connectivity index (χ0v) is 67.1. The third kappa shape index (κ3) is 75.0. The molecule has 17 nitrogen and oxygen atoms in total. The van der Waals surface area contributed by atoms with E-state index in [-0.39, 0.29) is 25.7 Å². The van der Waals surface area contributed by atoms with Crippen LogP contribution in [0, 0.1) is 0 Å². The van der Waals surface area contributed by atoms with E-state index in [0.717, 1.165) is 103 Å². The Hall–Kier alpha value is -3.24. The van der Waals surface area contributed by atoms with Crippen molar-refractivity contribution in [1.29, 1.82) is 0 Å². The molecule has 0 aromatic heterocycles. The topological polar surface area (TPSA) is 237 Å². The van der Waals surface area contributed by atoms with Gasteiger partial charge in [0.05, 0.1) is 26.4 Å². The number of hydrogen-bond donors (Lipinski definition) is 3. The summed E-state index contributed by atoms with van der Waals surface area (Å²) in [6, 6.07) is 0. The van der Waals surface area contributed by atoms with E-state index in [9.17, 15) is 43.2 Å². The molecule has 0 fully saturated rings. The normalized spacial score (nSPS) is 14.1. The highest BCUT2D eigenvalue weighted by Crippen LogP contribution is 2.45. The van der Waals surface area contributed by atoms with Crippen LogP contribution < -0.4 is 0 Å². The maximum absolute atomic E-state index is 13.1. The van der Waals surface area contributed by atoms with Crippen molar-refractivity contribution < 1.29 is 80.2 Å². The van der Waals surface area contributed by atoms with Crippen molar-refractivity contribution >= 4 is 39.5 Å². The molecule has 3 N–H and O–H groups in total. The van der Waals surface area contributed by atoms with Gasteiger partial charge in [0.1, 0.15) is 19.3 Å². The molecule has 19 heteroatoms. The second-order valence-corrected chi connectivity index (χ2v) is 31.0. The van der Waals surface area contributed by atoms with E-state index >= 15 is 0 Å². The van der Waals surface area contributed by atoms with Gasteiger partial charge in [0.2, 0.25) is 0 Å². The Morgan fingerprint density at radius 1 is 0.275 bits per heavy atom. The average Bonchev–Trinajstić information content (AvgIpc) is 0.917. The van der Waals surface area contributed by atoms with Crippen LogP contribution in [0.5, 0.6) is 0 Å². The van der Waals surface area contributed by atoms with Crippen molar-refractivity contribution in [3.63, 3.8) is 0 Å². The summed E-state index contributed by atoms with van der Waals surface area (Å²) in [5.41, 5.74) is 0. The van der Waals surface area contributed by atoms with E-state index in [1.807, 2.05) is 12.2 Å². The van der Waals surface area contributed by atoms with E-state index in [1.54, 1.807) is 0 Å². The predicted octanol–water partition coefficient (Wildman–Crippen LogP) is 24.2. The van der Waals surface area contributed by atoms with Crippen molar-refractivity contribution in [2.24, 2.45) is 0 Å². The van der Waals surface area contributed by atoms with Gasteiger partial charge in [0, 0.05) is 25.7 Å². The van der Waals surface area contributed by atoms with Gasteiger partial charge in [-0.2, -0.15) is 0 Å². The molecule has 0 saturated heterocycles. The number of carbonyl (C=O) groups excluding carboxylic acids is 4. The highest BCUT2D eigenvalue weighted by atomic mass is 31.2. The van der Waals surface area contributed by atoms with Crippen molar-refractivity contribution in [2.75, 3.05) is 39.6 Å². The number of hydrogen-bond acceptors (Lipinski definition) is 15. The van der Waals surface area contributed by atoms with Crippen LogP contribution in [0.2, 0.25) is 0 Å². The first-order valence-corrected chi connectivity index (χ1v) is 44.5. The number of allylic oxidation sites excluding steroid dienone is 10. The van der Waals surface area contributed by atoms with Gasteiger partial charge >= 0.3 is 39.5 Å². The molecule has 0 spiro atoms. The fourth-order valence-corrected chi connectivity index (χ4v) is 13.2. The first kappa shape index (κ1) is 98.8. The molecule has 0 aromatic rings. The monoisotopic (exact) mass is 1480 g/mol. The van der Waals surface area contributed by atoms with Crippen LogP contribution in [-0.4, -0.2) is 96.7 Å². The van der Waals surface area contributed by atoms with E-state index in [1.165, 1.54) is 199 Å². The fraction of sp³-hybridized carbons (Fsp3) is 0.831. The summed E-state index contributed by atoms with van der Waals surface area (Å²) in [6.45, 7) is 4.87. The van der Waals surface area contributed by atoms with Crippen LogP contribution in [-0.2, 0) is 65.4 Å². The van der Waals surface area contributed by atoms with Crippen LogP contribution in [0.1, 0.15) is 387 Å². The number of phosphoric acid groups is 2. The minimum atomic E-state index is -4.98. The molecule has 0 rings (SSSR count). The summed E-state index contributed by atoms with van der Waals surface area (Å²) in [4.78, 5) is 73.1. The van der Waals surface area contributed by atoms with Gasteiger partial charge < -0.3 is 33.8 Å². The molecule has 0 bridgehead atoms. The van der Waals surface area contributed by atoms with Gasteiger partial charge in [-0.05, 0) is 89.9 Å². The van der Waals surface area contributed by atoms with E-state index in [2.05, 4.69) is 76.3 Å². The van der Waals surface area contributed by atoms with Gasteiger partial charge in [-0.25, -0.2) is 9.13 Å². The number of aliphatic hydroxyl groups excluding tert-OH is 1. The molecule has 0 aliphatic heterocycles. The summed E-state index contributed by atoms with van der Waals surface area (Å²) < 4.78 is 68.6. The highest BCUT2D eigenvalue weighted by molar-refractivity contribution is 7.47. The standard InChI is InChI=1S/C83H152O17P2/c1-5-9-13-17-21-25-29-33-37-38-42-46-50-54-58-62-66-70-83(88)100-79(74-94-81(86)68-64-60-56-52-48-44-40-35-31-27-23-19-15-11-7-3)76-98-102(91,92)96-72-77(84)71-95-101(89,90)97-75-78(99-82(87)69-65-61-57-53-49-45-41-36-32-28-24-20-16-12-8-4)73-93-80(85)67-63-59-55-51-47-43-39-34-30-26-22-18-14-10-6-2/h21,25,33,36-37,41-42,46,54,58,77-79,84H,5-20,22-24,26-32,34-35,38-40,43-45,47-53,55-57,59-76H2,1-4H3,(H,89,90)(H,91,92)/b25-21-,37-33-,41-36-,46-42-,58-54-/t77-,78+,79+/m0/s1. The summed E-state index contributed by atoms with van der Waals surface area (Å²) in [7, 11) is -9.96. The molecule has 0 amide bonds. The molecular formula is C83H152O17P2. The van der Waals surface area contributed by atoms with Crippen LogP contribution in [0.3, 0.4) is 0 Å². The van der Waals surface area contributed by atoms with Crippen LogP contribution >= 0.6 is 15.6 Å². The lowest BCUT2D eigenvalue weighted by Crippen LogP contribution is -2.30. The maximum Gasteiger partial charge on any atom is 0.472 e. The Balaban J connectivity index is 5.37. The van der Waals surface area contributed by atoms with Crippen LogP contribution in [0.15, 0.2) is 60.8 Å². The Morgan fingerprint density at radius 2 is 0.490 bits per heavy atom. The molecule has 0 radical (unpaired) electrons. The molecule has 0 saturated carbocycles. The number of rotatable bonds is 79. The number of aliphatic hydroxyl groups is 1. The van der Waals surface area contributed by atoms with Crippen molar-refractivity contribution in [2.45, 2.75) is 406 Å². The minimum absolute atomic E-state index is 0.0243. The van der Waals surface area contributed by atoms with Gasteiger partial charge in [0.15, 0.2) is 12.2 Å². The van der Waals surface area contributed by atoms with Crippen LogP contribution in [0.25, 0.3) is 0 Å². The second kappa shape index (κ2) is 76.0. The molecule has 0 aromatic carbocycles. The number of carbonyl (C=O) groups is 4.